The minimum atomic E-state index is -0.607. The highest BCUT2D eigenvalue weighted by Gasteiger charge is 2.08. The molecule has 100 valence electrons. The van der Waals surface area contributed by atoms with Crippen molar-refractivity contribution in [2.24, 2.45) is 0 Å². The Labute approximate surface area is 108 Å². The molecule has 0 saturated heterocycles. The van der Waals surface area contributed by atoms with Gasteiger partial charge in [0.05, 0.1) is 18.8 Å². The van der Waals surface area contributed by atoms with Crippen molar-refractivity contribution < 1.29 is 5.11 Å². The van der Waals surface area contributed by atoms with Gasteiger partial charge in [0.2, 0.25) is 0 Å². The largest absolute Gasteiger partial charge is 0.398 e. The van der Waals surface area contributed by atoms with Crippen molar-refractivity contribution in [2.45, 2.75) is 13.5 Å². The second-order valence-electron chi connectivity index (χ2n) is 4.09. The first-order chi connectivity index (χ1) is 9.04. The van der Waals surface area contributed by atoms with E-state index in [0.29, 0.717) is 11.4 Å². The minimum absolute atomic E-state index is 0.0679. The van der Waals surface area contributed by atoms with Gasteiger partial charge in [-0.1, -0.05) is 6.07 Å². The Morgan fingerprint density at radius 2 is 2.11 bits per heavy atom. The zero-order valence-electron chi connectivity index (χ0n) is 10.4. The first-order valence-electron chi connectivity index (χ1n) is 5.71. The highest BCUT2D eigenvalue weighted by molar-refractivity contribution is 5.52. The van der Waals surface area contributed by atoms with Crippen LogP contribution >= 0.6 is 0 Å². The molecule has 19 heavy (non-hydrogen) atoms. The minimum Gasteiger partial charge on any atom is -0.398 e. The standard InChI is InChI=1S/C12H14N4O3/c1-8-2-3-9(6-10(8)13)16-12(19)15(4-5-17)11(18)7-14-16/h2-3,6-7,17H,4-5,13H2,1H3. The van der Waals surface area contributed by atoms with Gasteiger partial charge >= 0.3 is 5.69 Å². The molecule has 0 aliphatic rings. The van der Waals surface area contributed by atoms with Crippen molar-refractivity contribution in [3.63, 3.8) is 0 Å². The molecule has 1 aromatic heterocycles. The van der Waals surface area contributed by atoms with Gasteiger partial charge in [-0.15, -0.1) is 0 Å². The Kier molecular flexibility index (Phi) is 3.48. The topological polar surface area (TPSA) is 103 Å². The zero-order chi connectivity index (χ0) is 14.0. The Balaban J connectivity index is 2.63. The predicted molar refractivity (Wildman–Crippen MR) is 70.3 cm³/mol. The number of hydrogen-bond donors (Lipinski definition) is 2. The number of nitrogens with zero attached hydrogens (tertiary/aromatic N) is 3. The van der Waals surface area contributed by atoms with Crippen molar-refractivity contribution in [2.75, 3.05) is 12.3 Å². The molecule has 7 nitrogen and oxygen atoms in total. The zero-order valence-corrected chi connectivity index (χ0v) is 10.4. The van der Waals surface area contributed by atoms with Gasteiger partial charge in [-0.3, -0.25) is 9.36 Å². The number of hydrogen-bond acceptors (Lipinski definition) is 5. The molecular weight excluding hydrogens is 248 g/mol. The molecule has 1 heterocycles. The van der Waals surface area contributed by atoms with Gasteiger partial charge in [0.1, 0.15) is 6.20 Å². The van der Waals surface area contributed by atoms with Gasteiger partial charge in [-0.2, -0.15) is 9.78 Å². The maximum atomic E-state index is 12.1. The Hall–Kier alpha value is -2.41. The van der Waals surface area contributed by atoms with Gasteiger partial charge in [0.15, 0.2) is 0 Å². The highest BCUT2D eigenvalue weighted by Crippen LogP contribution is 2.14. The summed E-state index contributed by atoms with van der Waals surface area (Å²) < 4.78 is 2.00. The fraction of sp³-hybridized carbons (Fsp3) is 0.250. The number of nitrogen functional groups attached to an aromatic ring is 1. The van der Waals surface area contributed by atoms with Crippen LogP contribution in [-0.2, 0) is 6.54 Å². The third-order valence-electron chi connectivity index (χ3n) is 2.79. The van der Waals surface area contributed by atoms with E-state index in [2.05, 4.69) is 5.10 Å². The smallest absolute Gasteiger partial charge is 0.352 e. The molecule has 2 aromatic rings. The lowest BCUT2D eigenvalue weighted by molar-refractivity contribution is 0.270. The van der Waals surface area contributed by atoms with E-state index >= 15 is 0 Å². The maximum absolute atomic E-state index is 12.1. The van der Waals surface area contributed by atoms with Crippen molar-refractivity contribution in [3.8, 4) is 5.69 Å². The Bertz CT molecular complexity index is 718. The number of aryl methyl sites for hydroxylation is 1. The molecular formula is C12H14N4O3. The number of nitrogens with two attached hydrogens (primary N) is 1. The van der Waals surface area contributed by atoms with Crippen LogP contribution in [0.4, 0.5) is 5.69 Å². The van der Waals surface area contributed by atoms with Gasteiger partial charge in [-0.05, 0) is 24.6 Å². The van der Waals surface area contributed by atoms with E-state index in [9.17, 15) is 9.59 Å². The van der Waals surface area contributed by atoms with E-state index < -0.39 is 11.2 Å². The lowest BCUT2D eigenvalue weighted by Crippen LogP contribution is -2.40. The summed E-state index contributed by atoms with van der Waals surface area (Å²) in [6.45, 7) is 1.48. The summed E-state index contributed by atoms with van der Waals surface area (Å²) in [5.41, 5.74) is 6.53. The van der Waals surface area contributed by atoms with Crippen LogP contribution in [0.3, 0.4) is 0 Å². The molecule has 0 unspecified atom stereocenters. The summed E-state index contributed by atoms with van der Waals surface area (Å²) in [7, 11) is 0. The van der Waals surface area contributed by atoms with Gasteiger partial charge in [-0.25, -0.2) is 4.79 Å². The molecule has 0 spiro atoms. The number of rotatable bonds is 3. The van der Waals surface area contributed by atoms with Crippen LogP contribution < -0.4 is 17.0 Å². The van der Waals surface area contributed by atoms with Crippen LogP contribution in [0.1, 0.15) is 5.56 Å². The second kappa shape index (κ2) is 5.07. The summed E-state index contributed by atoms with van der Waals surface area (Å²) in [6.07, 6.45) is 1.03. The van der Waals surface area contributed by atoms with Crippen molar-refractivity contribution in [1.82, 2.24) is 14.3 Å². The molecule has 0 amide bonds. The molecule has 0 radical (unpaired) electrons. The molecule has 1 aromatic carbocycles. The molecule has 0 atom stereocenters. The summed E-state index contributed by atoms with van der Waals surface area (Å²) in [4.78, 5) is 23.6. The third-order valence-corrected chi connectivity index (χ3v) is 2.79. The molecule has 0 aliphatic carbocycles. The SMILES string of the molecule is Cc1ccc(-n2ncc(=O)n(CCO)c2=O)cc1N. The quantitative estimate of drug-likeness (QED) is 0.710. The summed E-state index contributed by atoms with van der Waals surface area (Å²) in [5, 5.41) is 12.7. The van der Waals surface area contributed by atoms with Gasteiger partial charge < -0.3 is 10.8 Å². The van der Waals surface area contributed by atoms with Crippen LogP contribution in [-0.4, -0.2) is 26.1 Å². The molecule has 0 fully saturated rings. The average Bonchev–Trinajstić information content (AvgIpc) is 2.38. The average molecular weight is 262 g/mol. The lowest BCUT2D eigenvalue weighted by Gasteiger charge is -2.09. The molecule has 3 N–H and O–H groups in total. The number of benzene rings is 1. The summed E-state index contributed by atoms with van der Waals surface area (Å²) in [5.74, 6) is 0. The fourth-order valence-corrected chi connectivity index (χ4v) is 1.68. The normalized spacial score (nSPS) is 10.6. The molecule has 0 saturated carbocycles. The van der Waals surface area contributed by atoms with Crippen LogP contribution in [0.5, 0.6) is 0 Å². The van der Waals surface area contributed by atoms with E-state index in [1.807, 2.05) is 6.92 Å². The van der Waals surface area contributed by atoms with Crippen LogP contribution in [0, 0.1) is 6.92 Å². The number of aliphatic hydroxyl groups is 1. The van der Waals surface area contributed by atoms with Gasteiger partial charge in [0, 0.05) is 5.69 Å². The fourth-order valence-electron chi connectivity index (χ4n) is 1.68. The van der Waals surface area contributed by atoms with E-state index in [1.54, 1.807) is 18.2 Å². The molecule has 7 heteroatoms. The Morgan fingerprint density at radius 1 is 1.37 bits per heavy atom. The van der Waals surface area contributed by atoms with Crippen molar-refractivity contribution in [3.05, 3.63) is 50.8 Å². The first kappa shape index (κ1) is 13.0. The summed E-state index contributed by atoms with van der Waals surface area (Å²) >= 11 is 0. The van der Waals surface area contributed by atoms with Gasteiger partial charge in [0.25, 0.3) is 5.56 Å². The van der Waals surface area contributed by atoms with E-state index in [0.717, 1.165) is 21.0 Å². The van der Waals surface area contributed by atoms with Crippen LogP contribution in [0.15, 0.2) is 34.0 Å². The van der Waals surface area contributed by atoms with Crippen molar-refractivity contribution in [1.29, 1.82) is 0 Å². The van der Waals surface area contributed by atoms with Crippen molar-refractivity contribution >= 4 is 5.69 Å². The second-order valence-corrected chi connectivity index (χ2v) is 4.09. The van der Waals surface area contributed by atoms with Crippen LogP contribution in [0.25, 0.3) is 5.69 Å². The molecule has 2 rings (SSSR count). The van der Waals surface area contributed by atoms with Crippen LogP contribution in [0.2, 0.25) is 0 Å². The number of aromatic nitrogens is 3. The predicted octanol–water partition coefficient (Wildman–Crippen LogP) is -0.723. The molecule has 0 bridgehead atoms. The van der Waals surface area contributed by atoms with E-state index in [-0.39, 0.29) is 13.2 Å². The molecule has 0 aliphatic heterocycles. The van der Waals surface area contributed by atoms with E-state index in [4.69, 9.17) is 10.8 Å². The maximum Gasteiger partial charge on any atom is 0.352 e. The Morgan fingerprint density at radius 3 is 2.74 bits per heavy atom. The lowest BCUT2D eigenvalue weighted by atomic mass is 10.2. The number of anilines is 1. The number of aliphatic hydroxyl groups excluding tert-OH is 1. The summed E-state index contributed by atoms with van der Waals surface area (Å²) in [6, 6.07) is 5.06. The third kappa shape index (κ3) is 2.41. The highest BCUT2D eigenvalue weighted by atomic mass is 16.3. The first-order valence-corrected chi connectivity index (χ1v) is 5.71. The van der Waals surface area contributed by atoms with E-state index in [1.165, 1.54) is 0 Å². The monoisotopic (exact) mass is 262 g/mol.